The highest BCUT2D eigenvalue weighted by molar-refractivity contribution is 5.72. The third-order valence-corrected chi connectivity index (χ3v) is 4.65. The third kappa shape index (κ3) is 5.43. The van der Waals surface area contributed by atoms with Gasteiger partial charge in [-0.25, -0.2) is 0 Å². The maximum Gasteiger partial charge on any atom is 0.308 e. The van der Waals surface area contributed by atoms with E-state index in [0.29, 0.717) is 30.4 Å². The van der Waals surface area contributed by atoms with Crippen LogP contribution in [0.3, 0.4) is 0 Å². The van der Waals surface area contributed by atoms with Gasteiger partial charge in [0.1, 0.15) is 0 Å². The van der Waals surface area contributed by atoms with Crippen molar-refractivity contribution in [1.82, 2.24) is 5.32 Å². The van der Waals surface area contributed by atoms with E-state index in [0.717, 1.165) is 25.8 Å². The van der Waals surface area contributed by atoms with Crippen molar-refractivity contribution in [1.29, 1.82) is 0 Å². The molecule has 2 atom stereocenters. The Labute approximate surface area is 124 Å². The molecule has 0 heterocycles. The van der Waals surface area contributed by atoms with Gasteiger partial charge in [-0.2, -0.15) is 0 Å². The van der Waals surface area contributed by atoms with Crippen molar-refractivity contribution in [2.75, 3.05) is 13.2 Å². The molecule has 0 aromatic carbocycles. The van der Waals surface area contributed by atoms with E-state index in [1.54, 1.807) is 0 Å². The van der Waals surface area contributed by atoms with E-state index in [1.807, 2.05) is 6.92 Å². The number of hydrogen-bond acceptors (Lipinski definition) is 3. The molecule has 0 aliphatic heterocycles. The minimum absolute atomic E-state index is 0.00303. The van der Waals surface area contributed by atoms with Gasteiger partial charge >= 0.3 is 5.97 Å². The van der Waals surface area contributed by atoms with Crippen molar-refractivity contribution < 1.29 is 9.53 Å². The van der Waals surface area contributed by atoms with E-state index >= 15 is 0 Å². The Morgan fingerprint density at radius 2 is 1.85 bits per heavy atom. The Morgan fingerprint density at radius 3 is 2.40 bits per heavy atom. The fourth-order valence-electron chi connectivity index (χ4n) is 3.39. The topological polar surface area (TPSA) is 38.3 Å². The van der Waals surface area contributed by atoms with Crippen LogP contribution in [0.5, 0.6) is 0 Å². The Bertz CT molecular complexity index is 281. The summed E-state index contributed by atoms with van der Waals surface area (Å²) >= 11 is 0. The van der Waals surface area contributed by atoms with Gasteiger partial charge in [-0.1, -0.05) is 34.1 Å². The number of rotatable bonds is 7. The van der Waals surface area contributed by atoms with E-state index in [2.05, 4.69) is 33.0 Å². The highest BCUT2D eigenvalue weighted by Gasteiger charge is 2.28. The van der Waals surface area contributed by atoms with Crippen molar-refractivity contribution in [3.63, 3.8) is 0 Å². The zero-order chi connectivity index (χ0) is 15.1. The molecule has 0 aromatic heterocycles. The van der Waals surface area contributed by atoms with Gasteiger partial charge in [0.25, 0.3) is 0 Å². The van der Waals surface area contributed by atoms with E-state index in [1.165, 1.54) is 6.42 Å². The molecule has 1 fully saturated rings. The normalized spacial score (nSPS) is 23.6. The first-order valence-corrected chi connectivity index (χ1v) is 8.35. The van der Waals surface area contributed by atoms with Crippen LogP contribution in [0.1, 0.15) is 60.3 Å². The quantitative estimate of drug-likeness (QED) is 0.725. The maximum atomic E-state index is 11.8. The minimum atomic E-state index is 0.00303. The summed E-state index contributed by atoms with van der Waals surface area (Å²) in [5.74, 6) is 2.22. The molecule has 0 radical (unpaired) electrons. The van der Waals surface area contributed by atoms with Gasteiger partial charge in [0.2, 0.25) is 0 Å². The first-order chi connectivity index (χ1) is 9.45. The minimum Gasteiger partial charge on any atom is -0.466 e. The van der Waals surface area contributed by atoms with Crippen LogP contribution in [-0.2, 0) is 9.53 Å². The highest BCUT2D eigenvalue weighted by atomic mass is 16.5. The molecule has 0 spiro atoms. The predicted molar refractivity (Wildman–Crippen MR) is 83.5 cm³/mol. The first kappa shape index (κ1) is 17.5. The molecule has 0 aromatic rings. The van der Waals surface area contributed by atoms with Crippen molar-refractivity contribution >= 4 is 5.97 Å². The molecular formula is C17H33NO2. The Kier molecular flexibility index (Phi) is 7.57. The van der Waals surface area contributed by atoms with Crippen LogP contribution in [0.2, 0.25) is 0 Å². The molecule has 0 bridgehead atoms. The van der Waals surface area contributed by atoms with E-state index in [4.69, 9.17) is 4.74 Å². The Hall–Kier alpha value is -0.570. The standard InChI is InChI=1S/C17H33NO2/c1-6-20-17(19)14-8-7-9-15(10-14)18-11-16(12(2)3)13(4)5/h12-16,18H,6-11H2,1-5H3. The number of ether oxygens (including phenoxy) is 1. The molecule has 1 N–H and O–H groups in total. The van der Waals surface area contributed by atoms with E-state index in [9.17, 15) is 4.79 Å². The van der Waals surface area contributed by atoms with Gasteiger partial charge in [-0.15, -0.1) is 0 Å². The molecule has 1 rings (SSSR count). The second-order valence-corrected chi connectivity index (χ2v) is 6.87. The average molecular weight is 283 g/mol. The Morgan fingerprint density at radius 1 is 1.20 bits per heavy atom. The lowest BCUT2D eigenvalue weighted by Gasteiger charge is -2.32. The van der Waals surface area contributed by atoms with Gasteiger partial charge in [-0.05, 0) is 50.5 Å². The van der Waals surface area contributed by atoms with Crippen LogP contribution in [0.25, 0.3) is 0 Å². The average Bonchev–Trinajstić information content (AvgIpc) is 2.38. The predicted octanol–water partition coefficient (Wildman–Crippen LogP) is 3.63. The third-order valence-electron chi connectivity index (χ3n) is 4.65. The summed E-state index contributed by atoms with van der Waals surface area (Å²) in [6.07, 6.45) is 4.27. The summed E-state index contributed by atoms with van der Waals surface area (Å²) in [4.78, 5) is 11.8. The van der Waals surface area contributed by atoms with Crippen LogP contribution >= 0.6 is 0 Å². The number of carbonyl (C=O) groups is 1. The van der Waals surface area contributed by atoms with E-state index in [-0.39, 0.29) is 11.9 Å². The molecule has 20 heavy (non-hydrogen) atoms. The van der Waals surface area contributed by atoms with Gasteiger partial charge in [0.05, 0.1) is 12.5 Å². The highest BCUT2D eigenvalue weighted by Crippen LogP contribution is 2.26. The lowest BCUT2D eigenvalue weighted by atomic mass is 9.83. The number of esters is 1. The SMILES string of the molecule is CCOC(=O)C1CCCC(NCC(C(C)C)C(C)C)C1. The molecule has 3 nitrogen and oxygen atoms in total. The Balaban J connectivity index is 2.42. The van der Waals surface area contributed by atoms with E-state index < -0.39 is 0 Å². The second-order valence-electron chi connectivity index (χ2n) is 6.87. The van der Waals surface area contributed by atoms with Crippen LogP contribution < -0.4 is 5.32 Å². The van der Waals surface area contributed by atoms with Crippen LogP contribution in [0.15, 0.2) is 0 Å². The fraction of sp³-hybridized carbons (Fsp3) is 0.941. The van der Waals surface area contributed by atoms with Crippen molar-refractivity contribution in [3.05, 3.63) is 0 Å². The summed E-state index contributed by atoms with van der Waals surface area (Å²) < 4.78 is 5.17. The van der Waals surface area contributed by atoms with Gasteiger partial charge in [0.15, 0.2) is 0 Å². The van der Waals surface area contributed by atoms with Crippen molar-refractivity contribution in [2.24, 2.45) is 23.7 Å². The van der Waals surface area contributed by atoms with Crippen LogP contribution in [0.4, 0.5) is 0 Å². The largest absolute Gasteiger partial charge is 0.466 e. The molecule has 2 unspecified atom stereocenters. The van der Waals surface area contributed by atoms with Crippen molar-refractivity contribution in [3.8, 4) is 0 Å². The molecule has 1 aliphatic rings. The maximum absolute atomic E-state index is 11.8. The number of hydrogen-bond donors (Lipinski definition) is 1. The van der Waals surface area contributed by atoms with Crippen LogP contribution in [0, 0.1) is 23.7 Å². The van der Waals surface area contributed by atoms with Crippen molar-refractivity contribution in [2.45, 2.75) is 66.3 Å². The summed E-state index contributed by atoms with van der Waals surface area (Å²) in [7, 11) is 0. The molecular weight excluding hydrogens is 250 g/mol. The molecule has 3 heteroatoms. The summed E-state index contributed by atoms with van der Waals surface area (Å²) in [5.41, 5.74) is 0. The lowest BCUT2D eigenvalue weighted by Crippen LogP contribution is -2.41. The number of carbonyl (C=O) groups excluding carboxylic acids is 1. The summed E-state index contributed by atoms with van der Waals surface area (Å²) in [6.45, 7) is 12.6. The zero-order valence-corrected chi connectivity index (χ0v) is 13.9. The molecule has 0 amide bonds. The molecule has 118 valence electrons. The van der Waals surface area contributed by atoms with Crippen LogP contribution in [-0.4, -0.2) is 25.2 Å². The monoisotopic (exact) mass is 283 g/mol. The number of nitrogens with one attached hydrogen (secondary N) is 1. The first-order valence-electron chi connectivity index (χ1n) is 8.35. The zero-order valence-electron chi connectivity index (χ0n) is 13.9. The lowest BCUT2D eigenvalue weighted by molar-refractivity contribution is -0.149. The molecule has 1 saturated carbocycles. The molecule has 0 saturated heterocycles. The fourth-order valence-corrected chi connectivity index (χ4v) is 3.39. The van der Waals surface area contributed by atoms with Gasteiger partial charge in [-0.3, -0.25) is 4.79 Å². The second kappa shape index (κ2) is 8.66. The smallest absolute Gasteiger partial charge is 0.308 e. The summed E-state index contributed by atoms with van der Waals surface area (Å²) in [6, 6.07) is 0.484. The van der Waals surface area contributed by atoms with Gasteiger partial charge < -0.3 is 10.1 Å². The van der Waals surface area contributed by atoms with Gasteiger partial charge in [0, 0.05) is 6.04 Å². The summed E-state index contributed by atoms with van der Waals surface area (Å²) in [5, 5.41) is 3.70. The molecule has 1 aliphatic carbocycles.